The highest BCUT2D eigenvalue weighted by Crippen LogP contribution is 2.28. The lowest BCUT2D eigenvalue weighted by Crippen LogP contribution is -2.61. The van der Waals surface area contributed by atoms with Gasteiger partial charge in [-0.2, -0.15) is 5.10 Å². The molecule has 2 N–H and O–H groups in total. The molecule has 22 heavy (non-hydrogen) atoms. The molecule has 4 nitrogen and oxygen atoms in total. The molecule has 4 heteroatoms. The van der Waals surface area contributed by atoms with Crippen molar-refractivity contribution in [3.8, 4) is 0 Å². The van der Waals surface area contributed by atoms with Gasteiger partial charge in [0.05, 0.1) is 5.69 Å². The first-order chi connectivity index (χ1) is 10.1. The lowest BCUT2D eigenvalue weighted by Gasteiger charge is -2.46. The van der Waals surface area contributed by atoms with E-state index in [9.17, 15) is 0 Å². The maximum Gasteiger partial charge on any atom is 0.0641 e. The molecule has 2 rings (SSSR count). The Morgan fingerprint density at radius 1 is 1.18 bits per heavy atom. The van der Waals surface area contributed by atoms with Gasteiger partial charge in [-0.3, -0.25) is 4.68 Å². The molecular formula is C18H34N4. The fourth-order valence-electron chi connectivity index (χ4n) is 4.13. The minimum absolute atomic E-state index is 0.190. The van der Waals surface area contributed by atoms with Crippen LogP contribution >= 0.6 is 0 Å². The fourth-order valence-corrected chi connectivity index (χ4v) is 4.13. The molecule has 1 aliphatic heterocycles. The van der Waals surface area contributed by atoms with Crippen LogP contribution in [-0.2, 0) is 13.1 Å². The minimum Gasteiger partial charge on any atom is -0.310 e. The first-order valence-electron chi connectivity index (χ1n) is 8.69. The highest BCUT2D eigenvalue weighted by molar-refractivity contribution is 5.24. The van der Waals surface area contributed by atoms with Crippen molar-refractivity contribution in [1.82, 2.24) is 20.4 Å². The fraction of sp³-hybridized carbons (Fsp3) is 0.833. The lowest BCUT2D eigenvalue weighted by molar-refractivity contribution is 0.145. The number of nitrogens with zero attached hydrogens (tertiary/aromatic N) is 2. The summed E-state index contributed by atoms with van der Waals surface area (Å²) >= 11 is 0. The molecule has 1 aromatic heterocycles. The van der Waals surface area contributed by atoms with Gasteiger partial charge >= 0.3 is 0 Å². The molecule has 0 atom stereocenters. The molecule has 0 aliphatic carbocycles. The second kappa shape index (κ2) is 6.32. The summed E-state index contributed by atoms with van der Waals surface area (Å²) in [7, 11) is 0. The minimum atomic E-state index is 0.190. The quantitative estimate of drug-likeness (QED) is 0.877. The molecule has 0 amide bonds. The molecule has 0 radical (unpaired) electrons. The molecule has 126 valence electrons. The van der Waals surface area contributed by atoms with Gasteiger partial charge in [0, 0.05) is 41.5 Å². The standard InChI is InChI=1S/C18H34N4/c1-8-9-22-14(3)16(13(2)20-22)12-19-15-10-17(4,5)21-18(6,7)11-15/h15,19,21H,8-12H2,1-7H3. The number of aromatic nitrogens is 2. The molecule has 0 aromatic carbocycles. The van der Waals surface area contributed by atoms with Crippen molar-refractivity contribution in [2.24, 2.45) is 0 Å². The van der Waals surface area contributed by atoms with E-state index in [1.807, 2.05) is 0 Å². The van der Waals surface area contributed by atoms with Crippen molar-refractivity contribution in [2.45, 2.75) is 97.9 Å². The van der Waals surface area contributed by atoms with Crippen molar-refractivity contribution in [3.63, 3.8) is 0 Å². The Bertz CT molecular complexity index is 497. The molecule has 1 fully saturated rings. The van der Waals surface area contributed by atoms with Crippen molar-refractivity contribution >= 4 is 0 Å². The van der Waals surface area contributed by atoms with E-state index in [1.54, 1.807) is 0 Å². The number of hydrogen-bond acceptors (Lipinski definition) is 3. The predicted molar refractivity (Wildman–Crippen MR) is 93.1 cm³/mol. The summed E-state index contributed by atoms with van der Waals surface area (Å²) in [5, 5.41) is 12.2. The molecule has 0 spiro atoms. The number of piperidine rings is 1. The first kappa shape index (κ1) is 17.5. The van der Waals surface area contributed by atoms with Crippen LogP contribution in [0.5, 0.6) is 0 Å². The Labute approximate surface area is 136 Å². The van der Waals surface area contributed by atoms with Crippen molar-refractivity contribution < 1.29 is 0 Å². The topological polar surface area (TPSA) is 41.9 Å². The molecule has 1 saturated heterocycles. The summed E-state index contributed by atoms with van der Waals surface area (Å²) in [5.74, 6) is 0. The zero-order valence-corrected chi connectivity index (χ0v) is 15.5. The van der Waals surface area contributed by atoms with Crippen LogP contribution < -0.4 is 10.6 Å². The zero-order chi connectivity index (χ0) is 16.5. The molecule has 2 heterocycles. The maximum absolute atomic E-state index is 4.69. The first-order valence-corrected chi connectivity index (χ1v) is 8.69. The Hall–Kier alpha value is -0.870. The monoisotopic (exact) mass is 306 g/mol. The summed E-state index contributed by atoms with van der Waals surface area (Å²) in [6.45, 7) is 17.7. The predicted octanol–water partition coefficient (Wildman–Crippen LogP) is 3.31. The van der Waals surface area contributed by atoms with Crippen LogP contribution in [0.4, 0.5) is 0 Å². The Kier molecular flexibility index (Phi) is 5.03. The number of hydrogen-bond donors (Lipinski definition) is 2. The van der Waals surface area contributed by atoms with Crippen LogP contribution in [0.15, 0.2) is 0 Å². The number of nitrogens with one attached hydrogen (secondary N) is 2. The van der Waals surface area contributed by atoms with E-state index in [2.05, 4.69) is 68.9 Å². The molecule has 0 saturated carbocycles. The lowest BCUT2D eigenvalue weighted by atomic mass is 9.79. The molecule has 1 aromatic rings. The van der Waals surface area contributed by atoms with Gasteiger partial charge in [-0.25, -0.2) is 0 Å². The average Bonchev–Trinajstić information content (AvgIpc) is 2.59. The van der Waals surface area contributed by atoms with Crippen LogP contribution in [0, 0.1) is 13.8 Å². The molecular weight excluding hydrogens is 272 g/mol. The molecule has 0 bridgehead atoms. The van der Waals surface area contributed by atoms with Gasteiger partial charge < -0.3 is 10.6 Å². The van der Waals surface area contributed by atoms with Crippen LogP contribution in [0.2, 0.25) is 0 Å². The van der Waals surface area contributed by atoms with Gasteiger partial charge in [0.1, 0.15) is 0 Å². The molecule has 0 unspecified atom stereocenters. The van der Waals surface area contributed by atoms with E-state index in [-0.39, 0.29) is 11.1 Å². The van der Waals surface area contributed by atoms with E-state index in [0.29, 0.717) is 6.04 Å². The summed E-state index contributed by atoms with van der Waals surface area (Å²) in [5.41, 5.74) is 4.25. The second-order valence-corrected chi connectivity index (χ2v) is 8.25. The van der Waals surface area contributed by atoms with Crippen LogP contribution in [0.25, 0.3) is 0 Å². The van der Waals surface area contributed by atoms with Gasteiger partial charge in [0.2, 0.25) is 0 Å². The van der Waals surface area contributed by atoms with E-state index in [4.69, 9.17) is 0 Å². The Morgan fingerprint density at radius 3 is 2.32 bits per heavy atom. The largest absolute Gasteiger partial charge is 0.310 e. The van der Waals surface area contributed by atoms with Gasteiger partial charge in [-0.15, -0.1) is 0 Å². The third kappa shape index (κ3) is 4.11. The highest BCUT2D eigenvalue weighted by atomic mass is 15.3. The summed E-state index contributed by atoms with van der Waals surface area (Å²) in [6.07, 6.45) is 3.46. The Balaban J connectivity index is 2.04. The van der Waals surface area contributed by atoms with Crippen molar-refractivity contribution in [3.05, 3.63) is 17.0 Å². The van der Waals surface area contributed by atoms with Crippen molar-refractivity contribution in [1.29, 1.82) is 0 Å². The van der Waals surface area contributed by atoms with Crippen LogP contribution in [0.3, 0.4) is 0 Å². The third-order valence-electron chi connectivity index (χ3n) is 4.72. The van der Waals surface area contributed by atoms with E-state index >= 15 is 0 Å². The number of rotatable bonds is 5. The Morgan fingerprint density at radius 2 is 1.77 bits per heavy atom. The summed E-state index contributed by atoms with van der Waals surface area (Å²) < 4.78 is 2.16. The third-order valence-corrected chi connectivity index (χ3v) is 4.72. The smallest absolute Gasteiger partial charge is 0.0641 e. The van der Waals surface area contributed by atoms with Crippen LogP contribution in [0.1, 0.15) is 70.8 Å². The summed E-state index contributed by atoms with van der Waals surface area (Å²) in [6, 6.07) is 0.555. The van der Waals surface area contributed by atoms with Gasteiger partial charge in [0.25, 0.3) is 0 Å². The van der Waals surface area contributed by atoms with Gasteiger partial charge in [-0.1, -0.05) is 6.92 Å². The van der Waals surface area contributed by atoms with Crippen molar-refractivity contribution in [2.75, 3.05) is 0 Å². The summed E-state index contributed by atoms with van der Waals surface area (Å²) in [4.78, 5) is 0. The zero-order valence-electron chi connectivity index (χ0n) is 15.5. The normalized spacial score (nSPS) is 21.2. The van der Waals surface area contributed by atoms with E-state index in [0.717, 1.165) is 32.4 Å². The van der Waals surface area contributed by atoms with E-state index in [1.165, 1.54) is 17.0 Å². The number of aryl methyl sites for hydroxylation is 2. The highest BCUT2D eigenvalue weighted by Gasteiger charge is 2.37. The van der Waals surface area contributed by atoms with E-state index < -0.39 is 0 Å². The van der Waals surface area contributed by atoms with Gasteiger partial charge in [0.15, 0.2) is 0 Å². The maximum atomic E-state index is 4.69. The van der Waals surface area contributed by atoms with Crippen LogP contribution in [-0.4, -0.2) is 26.9 Å². The van der Waals surface area contributed by atoms with Gasteiger partial charge in [-0.05, 0) is 60.8 Å². The average molecular weight is 306 g/mol. The SMILES string of the molecule is CCCn1nc(C)c(CNC2CC(C)(C)NC(C)(C)C2)c1C. The second-order valence-electron chi connectivity index (χ2n) is 8.25. The molecule has 1 aliphatic rings.